The van der Waals surface area contributed by atoms with Crippen molar-refractivity contribution in [2.45, 2.75) is 49.5 Å². The van der Waals surface area contributed by atoms with Crippen molar-refractivity contribution in [3.05, 3.63) is 124 Å². The summed E-state index contributed by atoms with van der Waals surface area (Å²) in [5.74, 6) is -1.51. The molecule has 7 rings (SSSR count). The van der Waals surface area contributed by atoms with E-state index in [0.29, 0.717) is 34.8 Å². The molecule has 1 aliphatic heterocycles. The SMILES string of the molecule is Nc1ncnc2c(C3(O)O[C@@H]4C(OCc5ccccc5)[C@]4(OCc4ccccc4)[C@H]3OCc3ccccc3)scc12. The number of fused-ring (bicyclic) bond motifs is 2. The molecular weight excluding hydrogens is 538 g/mol. The Hall–Kier alpha value is -3.70. The van der Waals surface area contributed by atoms with Crippen molar-refractivity contribution in [1.29, 1.82) is 0 Å². The zero-order chi connectivity index (χ0) is 27.9. The molecule has 0 bridgehead atoms. The fraction of sp³-hybridized carbons (Fsp3) is 0.250. The summed E-state index contributed by atoms with van der Waals surface area (Å²) in [7, 11) is 0. The van der Waals surface area contributed by atoms with Crippen LogP contribution in [0, 0.1) is 0 Å². The number of nitrogens with zero attached hydrogens (tertiary/aromatic N) is 2. The number of hydrogen-bond donors (Lipinski definition) is 2. The van der Waals surface area contributed by atoms with Gasteiger partial charge < -0.3 is 29.8 Å². The van der Waals surface area contributed by atoms with Gasteiger partial charge in [-0.25, -0.2) is 9.97 Å². The second kappa shape index (κ2) is 10.6. The van der Waals surface area contributed by atoms with Crippen LogP contribution in [-0.2, 0) is 44.6 Å². The number of ether oxygens (including phenoxy) is 4. The number of thiophene rings is 1. The molecule has 0 spiro atoms. The maximum absolute atomic E-state index is 12.4. The van der Waals surface area contributed by atoms with Gasteiger partial charge in [0.2, 0.25) is 5.79 Å². The summed E-state index contributed by atoms with van der Waals surface area (Å²) >= 11 is 1.31. The van der Waals surface area contributed by atoms with Crippen molar-refractivity contribution in [1.82, 2.24) is 9.97 Å². The zero-order valence-electron chi connectivity index (χ0n) is 22.1. The highest BCUT2D eigenvalue weighted by Gasteiger charge is 2.84. The molecule has 2 fully saturated rings. The smallest absolute Gasteiger partial charge is 0.234 e. The molecule has 2 aromatic heterocycles. The molecular formula is C32H29N3O5S. The molecule has 8 nitrogen and oxygen atoms in total. The van der Waals surface area contributed by atoms with Gasteiger partial charge in [0, 0.05) is 5.38 Å². The number of nitrogen functional groups attached to an aromatic ring is 1. The maximum atomic E-state index is 12.4. The third kappa shape index (κ3) is 4.61. The first-order valence-electron chi connectivity index (χ1n) is 13.5. The van der Waals surface area contributed by atoms with E-state index in [9.17, 15) is 5.11 Å². The normalized spacial score (nSPS) is 26.7. The van der Waals surface area contributed by atoms with Gasteiger partial charge in [0.15, 0.2) is 11.7 Å². The molecule has 1 aliphatic carbocycles. The molecule has 208 valence electrons. The summed E-state index contributed by atoms with van der Waals surface area (Å²) in [6.07, 6.45) is -0.571. The molecule has 2 unspecified atom stereocenters. The molecule has 1 saturated carbocycles. The second-order valence-corrected chi connectivity index (χ2v) is 11.2. The van der Waals surface area contributed by atoms with E-state index in [-0.39, 0.29) is 6.61 Å². The van der Waals surface area contributed by atoms with Crippen molar-refractivity contribution in [2.75, 3.05) is 5.73 Å². The quantitative estimate of drug-likeness (QED) is 0.244. The lowest BCUT2D eigenvalue weighted by Gasteiger charge is -2.35. The van der Waals surface area contributed by atoms with Gasteiger partial charge in [0.1, 0.15) is 24.4 Å². The number of aromatic nitrogens is 2. The van der Waals surface area contributed by atoms with Gasteiger partial charge in [-0.1, -0.05) is 91.0 Å². The summed E-state index contributed by atoms with van der Waals surface area (Å²) < 4.78 is 26.2. The van der Waals surface area contributed by atoms with Gasteiger partial charge in [-0.2, -0.15) is 0 Å². The maximum Gasteiger partial charge on any atom is 0.234 e. The van der Waals surface area contributed by atoms with Crippen LogP contribution in [0.1, 0.15) is 21.6 Å². The number of anilines is 1. The van der Waals surface area contributed by atoms with E-state index in [4.69, 9.17) is 24.7 Å². The van der Waals surface area contributed by atoms with Crippen LogP contribution in [0.3, 0.4) is 0 Å². The van der Waals surface area contributed by atoms with Crippen LogP contribution in [-0.4, -0.2) is 39.0 Å². The van der Waals surface area contributed by atoms with Gasteiger partial charge in [0.05, 0.1) is 35.6 Å². The lowest BCUT2D eigenvalue weighted by atomic mass is 10.00. The van der Waals surface area contributed by atoms with Crippen LogP contribution >= 0.6 is 11.3 Å². The van der Waals surface area contributed by atoms with Crippen LogP contribution in [0.2, 0.25) is 0 Å². The van der Waals surface area contributed by atoms with Gasteiger partial charge in [0.25, 0.3) is 0 Å². The van der Waals surface area contributed by atoms with E-state index in [0.717, 1.165) is 16.7 Å². The lowest BCUT2D eigenvalue weighted by molar-refractivity contribution is -0.276. The minimum atomic E-state index is -1.85. The lowest BCUT2D eigenvalue weighted by Crippen LogP contribution is -2.50. The van der Waals surface area contributed by atoms with Crippen molar-refractivity contribution in [2.24, 2.45) is 0 Å². The summed E-state index contributed by atoms with van der Waals surface area (Å²) in [6, 6.07) is 29.7. The van der Waals surface area contributed by atoms with E-state index in [1.54, 1.807) is 0 Å². The Labute approximate surface area is 241 Å². The van der Waals surface area contributed by atoms with Crippen LogP contribution < -0.4 is 5.73 Å². The molecule has 5 aromatic rings. The highest BCUT2D eigenvalue weighted by molar-refractivity contribution is 7.11. The number of hydrogen-bond acceptors (Lipinski definition) is 9. The molecule has 9 heteroatoms. The molecule has 5 atom stereocenters. The Morgan fingerprint density at radius 1 is 0.805 bits per heavy atom. The third-order valence-electron chi connectivity index (χ3n) is 7.74. The summed E-state index contributed by atoms with van der Waals surface area (Å²) in [5, 5.41) is 14.9. The molecule has 3 heterocycles. The highest BCUT2D eigenvalue weighted by atomic mass is 32.1. The van der Waals surface area contributed by atoms with Crippen molar-refractivity contribution >= 4 is 28.1 Å². The van der Waals surface area contributed by atoms with Gasteiger partial charge in [-0.3, -0.25) is 0 Å². The first kappa shape index (κ1) is 26.2. The van der Waals surface area contributed by atoms with Crippen LogP contribution in [0.15, 0.2) is 103 Å². The molecule has 3 aromatic carbocycles. The van der Waals surface area contributed by atoms with E-state index >= 15 is 0 Å². The number of rotatable bonds is 10. The predicted octanol–water partition coefficient (Wildman–Crippen LogP) is 4.96. The predicted molar refractivity (Wildman–Crippen MR) is 155 cm³/mol. The van der Waals surface area contributed by atoms with E-state index < -0.39 is 29.7 Å². The van der Waals surface area contributed by atoms with E-state index in [1.807, 2.05) is 96.4 Å². The Balaban J connectivity index is 1.27. The van der Waals surface area contributed by atoms with Crippen molar-refractivity contribution in [3.63, 3.8) is 0 Å². The fourth-order valence-corrected chi connectivity index (χ4v) is 6.71. The molecule has 0 radical (unpaired) electrons. The van der Waals surface area contributed by atoms with Crippen LogP contribution in [0.4, 0.5) is 5.82 Å². The van der Waals surface area contributed by atoms with Crippen molar-refractivity contribution < 1.29 is 24.1 Å². The minimum Gasteiger partial charge on any atom is -0.383 e. The monoisotopic (exact) mass is 567 g/mol. The third-order valence-corrected chi connectivity index (χ3v) is 8.82. The van der Waals surface area contributed by atoms with Gasteiger partial charge in [-0.05, 0) is 16.7 Å². The fourth-order valence-electron chi connectivity index (χ4n) is 5.64. The van der Waals surface area contributed by atoms with E-state index in [2.05, 4.69) is 9.97 Å². The first-order chi connectivity index (χ1) is 20.1. The number of nitrogens with two attached hydrogens (primary N) is 1. The van der Waals surface area contributed by atoms with E-state index in [1.165, 1.54) is 17.7 Å². The van der Waals surface area contributed by atoms with Crippen LogP contribution in [0.25, 0.3) is 10.9 Å². The average molecular weight is 568 g/mol. The summed E-state index contributed by atoms with van der Waals surface area (Å²) in [6.45, 7) is 0.914. The average Bonchev–Trinajstić information content (AvgIpc) is 3.27. The largest absolute Gasteiger partial charge is 0.383 e. The Bertz CT molecular complexity index is 1640. The molecule has 0 amide bonds. The Kier molecular flexibility index (Phi) is 6.78. The Morgan fingerprint density at radius 3 is 2.02 bits per heavy atom. The standard InChI is InChI=1S/C32H29N3O5S/c33-29-24-19-41-28(25(24)34-20-35-29)32(36)30(38-17-22-12-6-2-7-13-22)31(39-18-23-14-8-3-9-15-23)26(27(31)40-32)37-16-21-10-4-1-5-11-21/h1-15,19-20,26-27,30,36H,16-18H2,(H2,33,34,35)/t26?,27-,30-,31-,32?/m1/s1. The van der Waals surface area contributed by atoms with Crippen LogP contribution in [0.5, 0.6) is 0 Å². The summed E-state index contributed by atoms with van der Waals surface area (Å²) in [5.41, 5.74) is 8.58. The summed E-state index contributed by atoms with van der Waals surface area (Å²) in [4.78, 5) is 9.05. The first-order valence-corrected chi connectivity index (χ1v) is 14.3. The molecule has 1 saturated heterocycles. The number of benzene rings is 3. The molecule has 2 aliphatic rings. The van der Waals surface area contributed by atoms with Crippen molar-refractivity contribution in [3.8, 4) is 0 Å². The van der Waals surface area contributed by atoms with Gasteiger partial charge >= 0.3 is 0 Å². The topological polar surface area (TPSA) is 109 Å². The van der Waals surface area contributed by atoms with Gasteiger partial charge in [-0.15, -0.1) is 11.3 Å². The molecule has 3 N–H and O–H groups in total. The second-order valence-electron chi connectivity index (χ2n) is 10.3. The Morgan fingerprint density at radius 2 is 1.39 bits per heavy atom. The zero-order valence-corrected chi connectivity index (χ0v) is 22.9. The molecule has 41 heavy (non-hydrogen) atoms. The highest BCUT2D eigenvalue weighted by Crippen LogP contribution is 2.63. The number of aliphatic hydroxyl groups is 1. The minimum absolute atomic E-state index is 0.242.